The van der Waals surface area contributed by atoms with Gasteiger partial charge in [0.2, 0.25) is 0 Å². The highest BCUT2D eigenvalue weighted by Gasteiger charge is 2.59. The number of ether oxygens (including phenoxy) is 2. The summed E-state index contributed by atoms with van der Waals surface area (Å²) in [5, 5.41) is 9.15. The van der Waals surface area contributed by atoms with Gasteiger partial charge in [-0.2, -0.15) is 22.0 Å². The van der Waals surface area contributed by atoms with Crippen molar-refractivity contribution < 1.29 is 41.3 Å². The van der Waals surface area contributed by atoms with Crippen molar-refractivity contribution in [1.29, 1.82) is 0 Å². The number of aliphatic hydroxyl groups excluding tert-OH is 1. The number of hydrogen-bond acceptors (Lipinski definition) is 4. The first-order valence-electron chi connectivity index (χ1n) is 4.94. The summed E-state index contributed by atoms with van der Waals surface area (Å²) >= 11 is 0. The molecule has 9 heteroatoms. The van der Waals surface area contributed by atoms with Crippen LogP contribution in [0.15, 0.2) is 12.2 Å². The standard InChI is InChI=1S/C10H13F5O4/c1-5(2)7(16)19-6(8(17)18-3)4-9(11,12)10(13,14)15/h6,8,17H,1,4H2,2-3H3. The van der Waals surface area contributed by atoms with Gasteiger partial charge in [-0.1, -0.05) is 6.58 Å². The van der Waals surface area contributed by atoms with E-state index in [0.717, 1.165) is 7.11 Å². The van der Waals surface area contributed by atoms with Gasteiger partial charge in [0.1, 0.15) is 0 Å². The molecule has 19 heavy (non-hydrogen) atoms. The van der Waals surface area contributed by atoms with Crippen molar-refractivity contribution >= 4 is 5.97 Å². The zero-order chi connectivity index (χ0) is 15.4. The first-order valence-corrected chi connectivity index (χ1v) is 4.94. The predicted octanol–water partition coefficient (Wildman–Crippen LogP) is 2.03. The lowest BCUT2D eigenvalue weighted by Crippen LogP contribution is -2.44. The molecule has 0 aromatic rings. The molecule has 0 aliphatic carbocycles. The number of esters is 1. The van der Waals surface area contributed by atoms with Crippen LogP contribution in [-0.4, -0.2) is 42.7 Å². The fourth-order valence-corrected chi connectivity index (χ4v) is 0.959. The number of methoxy groups -OCH3 is 1. The summed E-state index contributed by atoms with van der Waals surface area (Å²) in [6, 6.07) is 0. The third-order valence-electron chi connectivity index (χ3n) is 2.04. The zero-order valence-corrected chi connectivity index (χ0v) is 10.1. The predicted molar refractivity (Wildman–Crippen MR) is 53.3 cm³/mol. The molecule has 0 rings (SSSR count). The molecule has 0 radical (unpaired) electrons. The summed E-state index contributed by atoms with van der Waals surface area (Å²) in [5.74, 6) is -6.34. The number of carbonyl (C=O) groups excluding carboxylic acids is 1. The van der Waals surface area contributed by atoms with Crippen molar-refractivity contribution in [3.05, 3.63) is 12.2 Å². The fourth-order valence-electron chi connectivity index (χ4n) is 0.959. The van der Waals surface area contributed by atoms with Gasteiger partial charge in [0.15, 0.2) is 12.4 Å². The molecule has 0 spiro atoms. The highest BCUT2D eigenvalue weighted by atomic mass is 19.4. The van der Waals surface area contributed by atoms with E-state index in [-0.39, 0.29) is 5.57 Å². The van der Waals surface area contributed by atoms with Gasteiger partial charge in [-0.05, 0) is 6.92 Å². The molecule has 4 nitrogen and oxygen atoms in total. The third kappa shape index (κ3) is 5.11. The van der Waals surface area contributed by atoms with Gasteiger partial charge in [-0.15, -0.1) is 0 Å². The lowest BCUT2D eigenvalue weighted by molar-refractivity contribution is -0.298. The van der Waals surface area contributed by atoms with E-state index >= 15 is 0 Å². The quantitative estimate of drug-likeness (QED) is 0.352. The Hall–Kier alpha value is -1.22. The second kappa shape index (κ2) is 6.29. The van der Waals surface area contributed by atoms with Crippen molar-refractivity contribution in [2.75, 3.05) is 7.11 Å². The van der Waals surface area contributed by atoms with E-state index in [9.17, 15) is 26.7 Å². The molecule has 0 amide bonds. The van der Waals surface area contributed by atoms with Crippen LogP contribution in [0.4, 0.5) is 22.0 Å². The molecule has 2 unspecified atom stereocenters. The summed E-state index contributed by atoms with van der Waals surface area (Å²) in [6.07, 6.45) is -12.1. The van der Waals surface area contributed by atoms with Gasteiger partial charge in [0, 0.05) is 12.7 Å². The van der Waals surface area contributed by atoms with Crippen LogP contribution in [0, 0.1) is 0 Å². The van der Waals surface area contributed by atoms with Crippen molar-refractivity contribution in [3.63, 3.8) is 0 Å². The summed E-state index contributed by atoms with van der Waals surface area (Å²) < 4.78 is 70.2. The number of hydrogen-bond donors (Lipinski definition) is 1. The monoisotopic (exact) mass is 292 g/mol. The number of aliphatic hydroxyl groups is 1. The molecule has 0 saturated heterocycles. The van der Waals surface area contributed by atoms with E-state index in [0.29, 0.717) is 0 Å². The highest BCUT2D eigenvalue weighted by Crippen LogP contribution is 2.39. The molecule has 0 aromatic heterocycles. The van der Waals surface area contributed by atoms with Gasteiger partial charge < -0.3 is 14.6 Å². The Bertz CT molecular complexity index is 339. The summed E-state index contributed by atoms with van der Waals surface area (Å²) in [6.45, 7) is 4.30. The Morgan fingerprint density at radius 2 is 1.79 bits per heavy atom. The lowest BCUT2D eigenvalue weighted by atomic mass is 10.1. The van der Waals surface area contributed by atoms with E-state index in [1.165, 1.54) is 6.92 Å². The number of rotatable bonds is 6. The van der Waals surface area contributed by atoms with Crippen molar-refractivity contribution in [1.82, 2.24) is 0 Å². The Balaban J connectivity index is 4.98. The normalized spacial score (nSPS) is 15.8. The van der Waals surface area contributed by atoms with Gasteiger partial charge in [-0.25, -0.2) is 4.79 Å². The fraction of sp³-hybridized carbons (Fsp3) is 0.700. The molecule has 0 heterocycles. The van der Waals surface area contributed by atoms with Crippen LogP contribution < -0.4 is 0 Å². The maximum Gasteiger partial charge on any atom is 0.453 e. The lowest BCUT2D eigenvalue weighted by Gasteiger charge is -2.27. The minimum absolute atomic E-state index is 0.219. The molecule has 0 fully saturated rings. The Morgan fingerprint density at radius 1 is 1.32 bits per heavy atom. The smallest absolute Gasteiger partial charge is 0.453 e. The molecule has 0 bridgehead atoms. The van der Waals surface area contributed by atoms with Gasteiger partial charge in [0.25, 0.3) is 0 Å². The van der Waals surface area contributed by atoms with Crippen molar-refractivity contribution in [2.24, 2.45) is 0 Å². The number of halogens is 5. The molecular formula is C10H13F5O4. The maximum atomic E-state index is 12.8. The molecule has 0 aliphatic rings. The Kier molecular flexibility index (Phi) is 5.88. The molecule has 112 valence electrons. The average molecular weight is 292 g/mol. The zero-order valence-electron chi connectivity index (χ0n) is 10.1. The molecule has 0 saturated carbocycles. The molecule has 2 atom stereocenters. The van der Waals surface area contributed by atoms with Crippen molar-refractivity contribution in [3.8, 4) is 0 Å². The molecular weight excluding hydrogens is 279 g/mol. The Morgan fingerprint density at radius 3 is 2.11 bits per heavy atom. The van der Waals surface area contributed by atoms with Crippen LogP contribution >= 0.6 is 0 Å². The number of carbonyl (C=O) groups is 1. The maximum absolute atomic E-state index is 12.8. The second-order valence-electron chi connectivity index (χ2n) is 3.76. The Labute approximate surface area is 105 Å². The summed E-state index contributed by atoms with van der Waals surface area (Å²) in [5.41, 5.74) is -0.219. The van der Waals surface area contributed by atoms with Crippen LogP contribution in [0.2, 0.25) is 0 Å². The van der Waals surface area contributed by atoms with Crippen LogP contribution in [-0.2, 0) is 14.3 Å². The van der Waals surface area contributed by atoms with Crippen LogP contribution in [0.1, 0.15) is 13.3 Å². The van der Waals surface area contributed by atoms with Gasteiger partial charge in [0.05, 0.1) is 6.42 Å². The molecule has 0 aliphatic heterocycles. The third-order valence-corrected chi connectivity index (χ3v) is 2.04. The number of alkyl halides is 5. The molecule has 0 aromatic carbocycles. The largest absolute Gasteiger partial charge is 0.453 e. The highest BCUT2D eigenvalue weighted by molar-refractivity contribution is 5.87. The van der Waals surface area contributed by atoms with Gasteiger partial charge in [-0.3, -0.25) is 0 Å². The summed E-state index contributed by atoms with van der Waals surface area (Å²) in [4.78, 5) is 11.1. The van der Waals surface area contributed by atoms with Gasteiger partial charge >= 0.3 is 18.1 Å². The van der Waals surface area contributed by atoms with E-state index < -0.39 is 36.9 Å². The molecule has 1 N–H and O–H groups in total. The topological polar surface area (TPSA) is 55.8 Å². The van der Waals surface area contributed by atoms with Crippen LogP contribution in [0.25, 0.3) is 0 Å². The first kappa shape index (κ1) is 17.8. The van der Waals surface area contributed by atoms with Crippen molar-refractivity contribution in [2.45, 2.75) is 37.8 Å². The van der Waals surface area contributed by atoms with E-state index in [2.05, 4.69) is 16.1 Å². The minimum Gasteiger partial charge on any atom is -0.453 e. The first-order chi connectivity index (χ1) is 8.42. The van der Waals surface area contributed by atoms with E-state index in [1.54, 1.807) is 0 Å². The SMILES string of the molecule is C=C(C)C(=O)OC(CC(F)(F)C(F)(F)F)C(O)OC. The van der Waals surface area contributed by atoms with Crippen LogP contribution in [0.3, 0.4) is 0 Å². The second-order valence-corrected chi connectivity index (χ2v) is 3.76. The van der Waals surface area contributed by atoms with Crippen LogP contribution in [0.5, 0.6) is 0 Å². The van der Waals surface area contributed by atoms with E-state index in [4.69, 9.17) is 5.11 Å². The summed E-state index contributed by atoms with van der Waals surface area (Å²) in [7, 11) is 0.859. The minimum atomic E-state index is -5.83. The average Bonchev–Trinajstić information content (AvgIpc) is 2.24. The van der Waals surface area contributed by atoms with E-state index in [1.807, 2.05) is 0 Å².